The van der Waals surface area contributed by atoms with E-state index in [-0.39, 0.29) is 10.6 Å². The third-order valence-electron chi connectivity index (χ3n) is 2.51. The van der Waals surface area contributed by atoms with Crippen LogP contribution in [0.1, 0.15) is 13.8 Å². The Morgan fingerprint density at radius 3 is 2.21 bits per heavy atom. The predicted molar refractivity (Wildman–Crippen MR) is 71.7 cm³/mol. The van der Waals surface area contributed by atoms with Crippen LogP contribution in [0.3, 0.4) is 0 Å². The van der Waals surface area contributed by atoms with Gasteiger partial charge in [-0.2, -0.15) is 8.42 Å². The monoisotopic (exact) mass is 285 g/mol. The second-order valence-electron chi connectivity index (χ2n) is 3.67. The van der Waals surface area contributed by atoms with Gasteiger partial charge < -0.3 is 4.90 Å². The van der Waals surface area contributed by atoms with E-state index in [0.29, 0.717) is 13.1 Å². The maximum atomic E-state index is 11.9. The normalized spacial score (nSPS) is 11.7. The minimum Gasteiger partial charge on any atom is -0.362 e. The predicted octanol–water partition coefficient (Wildman–Crippen LogP) is 1.65. The lowest BCUT2D eigenvalue weighted by Gasteiger charge is -2.13. The molecule has 104 valence electrons. The summed E-state index contributed by atoms with van der Waals surface area (Å²) in [5.74, 6) is 0. The van der Waals surface area contributed by atoms with E-state index < -0.39 is 14.9 Å². The molecule has 0 aromatic heterocycles. The van der Waals surface area contributed by atoms with Gasteiger partial charge in [-0.25, -0.2) is 0 Å². The molecule has 1 rings (SSSR count). The Kier molecular flexibility index (Phi) is 4.99. The molecule has 0 unspecified atom stereocenters. The number of rotatable bonds is 6. The van der Waals surface area contributed by atoms with Crippen LogP contribution in [0.2, 0.25) is 0 Å². The van der Waals surface area contributed by atoms with Gasteiger partial charge in [0.25, 0.3) is 15.7 Å². The molecule has 19 heavy (non-hydrogen) atoms. The highest BCUT2D eigenvalue weighted by Crippen LogP contribution is 2.17. The number of benzene rings is 1. The SMILES string of the molecule is CCN(/C=N/S(=O)(=O)c1ccc([N+](=O)[O-])cc1)CC. The maximum Gasteiger partial charge on any atom is 0.283 e. The number of hydrogen-bond donors (Lipinski definition) is 0. The summed E-state index contributed by atoms with van der Waals surface area (Å²) in [7, 11) is -3.81. The Labute approximate surface area is 111 Å². The van der Waals surface area contributed by atoms with E-state index in [2.05, 4.69) is 4.40 Å². The van der Waals surface area contributed by atoms with Crippen LogP contribution in [0.4, 0.5) is 5.69 Å². The summed E-state index contributed by atoms with van der Waals surface area (Å²) >= 11 is 0. The molecule has 0 fully saturated rings. The minimum atomic E-state index is -3.81. The zero-order valence-corrected chi connectivity index (χ0v) is 11.5. The van der Waals surface area contributed by atoms with Crippen LogP contribution in [0, 0.1) is 10.1 Å². The second-order valence-corrected chi connectivity index (χ2v) is 5.30. The average molecular weight is 285 g/mol. The summed E-state index contributed by atoms with van der Waals surface area (Å²) in [6.07, 6.45) is 1.26. The fraction of sp³-hybridized carbons (Fsp3) is 0.364. The van der Waals surface area contributed by atoms with Gasteiger partial charge in [-0.1, -0.05) is 0 Å². The van der Waals surface area contributed by atoms with Crippen LogP contribution in [-0.4, -0.2) is 37.7 Å². The Balaban J connectivity index is 2.97. The van der Waals surface area contributed by atoms with Crippen molar-refractivity contribution in [3.63, 3.8) is 0 Å². The number of nitrogens with zero attached hydrogens (tertiary/aromatic N) is 3. The zero-order valence-electron chi connectivity index (χ0n) is 10.7. The first-order chi connectivity index (χ1) is 8.90. The van der Waals surface area contributed by atoms with Crippen LogP contribution in [0.25, 0.3) is 0 Å². The molecule has 1 aromatic rings. The molecule has 0 spiro atoms. The first-order valence-corrected chi connectivity index (χ1v) is 7.13. The fourth-order valence-electron chi connectivity index (χ4n) is 1.32. The maximum absolute atomic E-state index is 11.9. The Hall–Kier alpha value is -1.96. The lowest BCUT2D eigenvalue weighted by molar-refractivity contribution is -0.384. The zero-order chi connectivity index (χ0) is 14.5. The third-order valence-corrected chi connectivity index (χ3v) is 3.75. The first kappa shape index (κ1) is 15.1. The van der Waals surface area contributed by atoms with Gasteiger partial charge in [0, 0.05) is 25.2 Å². The first-order valence-electron chi connectivity index (χ1n) is 5.69. The molecular weight excluding hydrogens is 270 g/mol. The van der Waals surface area contributed by atoms with Gasteiger partial charge in [-0.3, -0.25) is 10.1 Å². The van der Waals surface area contributed by atoms with Crippen LogP contribution >= 0.6 is 0 Å². The Morgan fingerprint density at radius 2 is 1.79 bits per heavy atom. The van der Waals surface area contributed by atoms with Crippen molar-refractivity contribution in [3.8, 4) is 0 Å². The van der Waals surface area contributed by atoms with E-state index >= 15 is 0 Å². The topological polar surface area (TPSA) is 92.9 Å². The van der Waals surface area contributed by atoms with E-state index in [4.69, 9.17) is 0 Å². The molecule has 1 aromatic carbocycles. The van der Waals surface area contributed by atoms with Gasteiger partial charge in [-0.05, 0) is 26.0 Å². The lowest BCUT2D eigenvalue weighted by Crippen LogP contribution is -2.21. The summed E-state index contributed by atoms with van der Waals surface area (Å²) in [4.78, 5) is 11.5. The van der Waals surface area contributed by atoms with Gasteiger partial charge >= 0.3 is 0 Å². The molecule has 0 bridgehead atoms. The van der Waals surface area contributed by atoms with E-state index in [9.17, 15) is 18.5 Å². The Bertz CT molecular complexity index is 562. The van der Waals surface area contributed by atoms with Crippen molar-refractivity contribution in [1.29, 1.82) is 0 Å². The van der Waals surface area contributed by atoms with Crippen molar-refractivity contribution in [3.05, 3.63) is 34.4 Å². The van der Waals surface area contributed by atoms with Gasteiger partial charge in [0.1, 0.15) is 6.34 Å². The van der Waals surface area contributed by atoms with E-state index in [1.807, 2.05) is 13.8 Å². The van der Waals surface area contributed by atoms with Gasteiger partial charge in [0.15, 0.2) is 0 Å². The molecule has 0 aliphatic rings. The summed E-state index contributed by atoms with van der Waals surface area (Å²) < 4.78 is 27.3. The highest BCUT2D eigenvalue weighted by Gasteiger charge is 2.14. The highest BCUT2D eigenvalue weighted by atomic mass is 32.2. The van der Waals surface area contributed by atoms with E-state index in [1.165, 1.54) is 18.5 Å². The molecule has 0 amide bonds. The van der Waals surface area contributed by atoms with Crippen LogP contribution in [0.5, 0.6) is 0 Å². The average Bonchev–Trinajstić information content (AvgIpc) is 2.40. The largest absolute Gasteiger partial charge is 0.362 e. The smallest absolute Gasteiger partial charge is 0.283 e. The van der Waals surface area contributed by atoms with Crippen molar-refractivity contribution in [2.75, 3.05) is 13.1 Å². The van der Waals surface area contributed by atoms with Crippen molar-refractivity contribution in [1.82, 2.24) is 4.90 Å². The molecule has 8 heteroatoms. The number of sulfonamides is 1. The van der Waals surface area contributed by atoms with Gasteiger partial charge in [-0.15, -0.1) is 4.40 Å². The number of nitro benzene ring substituents is 1. The third kappa shape index (κ3) is 4.02. The molecule has 0 saturated heterocycles. The Morgan fingerprint density at radius 1 is 1.26 bits per heavy atom. The molecule has 0 aliphatic heterocycles. The minimum absolute atomic E-state index is 0.0680. The van der Waals surface area contributed by atoms with Crippen LogP contribution < -0.4 is 0 Å². The standard InChI is InChI=1S/C11H15N3O4S/c1-3-13(4-2)9-12-19(17,18)11-7-5-10(6-8-11)14(15)16/h5-9H,3-4H2,1-2H3/b12-9+. The lowest BCUT2D eigenvalue weighted by atomic mass is 10.3. The van der Waals surface area contributed by atoms with Crippen molar-refractivity contribution in [2.24, 2.45) is 4.40 Å². The summed E-state index contributed by atoms with van der Waals surface area (Å²) in [5, 5.41) is 10.5. The summed E-state index contributed by atoms with van der Waals surface area (Å²) in [5.41, 5.74) is -0.160. The van der Waals surface area contributed by atoms with Crippen molar-refractivity contribution < 1.29 is 13.3 Å². The quantitative estimate of drug-likeness (QED) is 0.343. The number of nitro groups is 1. The molecule has 0 N–H and O–H groups in total. The molecule has 0 atom stereocenters. The molecule has 0 saturated carbocycles. The summed E-state index contributed by atoms with van der Waals surface area (Å²) in [6, 6.07) is 4.62. The number of non-ortho nitro benzene ring substituents is 1. The molecule has 7 nitrogen and oxygen atoms in total. The van der Waals surface area contributed by atoms with Crippen LogP contribution in [-0.2, 0) is 10.0 Å². The van der Waals surface area contributed by atoms with Gasteiger partial charge in [0.2, 0.25) is 0 Å². The van der Waals surface area contributed by atoms with Crippen molar-refractivity contribution in [2.45, 2.75) is 18.7 Å². The van der Waals surface area contributed by atoms with E-state index in [0.717, 1.165) is 12.1 Å². The second kappa shape index (κ2) is 6.28. The van der Waals surface area contributed by atoms with Crippen LogP contribution in [0.15, 0.2) is 33.6 Å². The van der Waals surface area contributed by atoms with Crippen molar-refractivity contribution >= 4 is 22.0 Å². The number of hydrogen-bond acceptors (Lipinski definition) is 4. The highest BCUT2D eigenvalue weighted by molar-refractivity contribution is 7.90. The molecule has 0 heterocycles. The molecule has 0 aliphatic carbocycles. The van der Waals surface area contributed by atoms with E-state index in [1.54, 1.807) is 4.90 Å². The molecular formula is C11H15N3O4S. The fourth-order valence-corrected chi connectivity index (χ4v) is 2.18. The van der Waals surface area contributed by atoms with Gasteiger partial charge in [0.05, 0.1) is 9.82 Å². The molecule has 0 radical (unpaired) electrons. The summed E-state index contributed by atoms with van der Waals surface area (Å²) in [6.45, 7) is 5.06.